The Morgan fingerprint density at radius 2 is 1.70 bits per heavy atom. The minimum absolute atomic E-state index is 0.101. The van der Waals surface area contributed by atoms with Crippen LogP contribution in [0.25, 0.3) is 6.08 Å². The number of carbonyl (C=O) groups is 1. The van der Waals surface area contributed by atoms with E-state index in [1.165, 1.54) is 11.8 Å². The minimum Gasteiger partial charge on any atom is -0.497 e. The molecule has 0 aliphatic carbocycles. The molecule has 1 aliphatic heterocycles. The van der Waals surface area contributed by atoms with Crippen LogP contribution >= 0.6 is 24.0 Å². The number of thiocarbonyl (C=S) groups is 1. The third kappa shape index (κ3) is 4.26. The Balaban J connectivity index is 1.79. The Morgan fingerprint density at radius 1 is 1.00 bits per heavy atom. The second kappa shape index (κ2) is 8.45. The maximum Gasteiger partial charge on any atom is 0.266 e. The van der Waals surface area contributed by atoms with Crippen molar-refractivity contribution in [2.45, 2.75) is 6.54 Å². The molecule has 2 aromatic rings. The molecule has 1 heterocycles. The number of carbonyl (C=O) groups excluding carboxylic acids is 1. The molecule has 0 unspecified atom stereocenters. The van der Waals surface area contributed by atoms with Crippen LogP contribution in [0.3, 0.4) is 0 Å². The Hall–Kier alpha value is -2.51. The number of methoxy groups -OCH3 is 3. The van der Waals surface area contributed by atoms with Gasteiger partial charge in [-0.1, -0.05) is 42.2 Å². The van der Waals surface area contributed by atoms with Gasteiger partial charge in [-0.25, -0.2) is 0 Å². The molecule has 7 heteroatoms. The van der Waals surface area contributed by atoms with Crippen molar-refractivity contribution in [3.8, 4) is 17.2 Å². The number of hydrogen-bond acceptors (Lipinski definition) is 6. The van der Waals surface area contributed by atoms with Gasteiger partial charge in [-0.3, -0.25) is 9.69 Å². The smallest absolute Gasteiger partial charge is 0.266 e. The molecule has 1 aliphatic rings. The predicted octanol–water partition coefficient (Wildman–Crippen LogP) is 4.11. The summed E-state index contributed by atoms with van der Waals surface area (Å²) in [6.45, 7) is 0.429. The number of thioether (sulfide) groups is 1. The summed E-state index contributed by atoms with van der Waals surface area (Å²) in [5, 5.41) is 0. The molecule has 1 saturated heterocycles. The zero-order valence-corrected chi connectivity index (χ0v) is 16.9. The normalized spacial score (nSPS) is 15.4. The van der Waals surface area contributed by atoms with Crippen molar-refractivity contribution in [3.63, 3.8) is 0 Å². The lowest BCUT2D eigenvalue weighted by Gasteiger charge is -2.14. The largest absolute Gasteiger partial charge is 0.497 e. The SMILES string of the molecule is COc1ccc(CN2C(=O)C(=Cc3ccc(OC)c(OC)c3)SC2=S)cc1. The molecule has 0 bridgehead atoms. The summed E-state index contributed by atoms with van der Waals surface area (Å²) in [6, 6.07) is 13.1. The third-order valence-electron chi connectivity index (χ3n) is 4.08. The van der Waals surface area contributed by atoms with E-state index >= 15 is 0 Å². The molecule has 0 spiro atoms. The second-order valence-electron chi connectivity index (χ2n) is 5.73. The second-order valence-corrected chi connectivity index (χ2v) is 7.41. The summed E-state index contributed by atoms with van der Waals surface area (Å²) in [4.78, 5) is 15.0. The average Bonchev–Trinajstić information content (AvgIpc) is 2.95. The Morgan fingerprint density at radius 3 is 2.33 bits per heavy atom. The molecule has 1 fully saturated rings. The van der Waals surface area contributed by atoms with Gasteiger partial charge in [0.2, 0.25) is 0 Å². The zero-order valence-electron chi connectivity index (χ0n) is 15.2. The predicted molar refractivity (Wildman–Crippen MR) is 111 cm³/mol. The van der Waals surface area contributed by atoms with E-state index in [4.69, 9.17) is 26.4 Å². The number of nitrogens with zero attached hydrogens (tertiary/aromatic N) is 1. The van der Waals surface area contributed by atoms with Crippen LogP contribution in [0.4, 0.5) is 0 Å². The molecule has 0 radical (unpaired) electrons. The van der Waals surface area contributed by atoms with Crippen molar-refractivity contribution in [3.05, 3.63) is 58.5 Å². The summed E-state index contributed by atoms with van der Waals surface area (Å²) in [5.41, 5.74) is 1.83. The summed E-state index contributed by atoms with van der Waals surface area (Å²) < 4.78 is 16.3. The van der Waals surface area contributed by atoms with E-state index < -0.39 is 0 Å². The highest BCUT2D eigenvalue weighted by Gasteiger charge is 2.32. The highest BCUT2D eigenvalue weighted by atomic mass is 32.2. The average molecular weight is 402 g/mol. The minimum atomic E-state index is -0.101. The fourth-order valence-corrected chi connectivity index (χ4v) is 3.90. The standard InChI is InChI=1S/C20H19NO4S2/c1-23-15-7-4-13(5-8-15)12-21-19(22)18(27-20(21)26)11-14-6-9-16(24-2)17(10-14)25-3/h4-11H,12H2,1-3H3. The monoisotopic (exact) mass is 401 g/mol. The van der Waals surface area contributed by atoms with Crippen LogP contribution in [0.15, 0.2) is 47.4 Å². The molecule has 1 amide bonds. The van der Waals surface area contributed by atoms with Gasteiger partial charge >= 0.3 is 0 Å². The van der Waals surface area contributed by atoms with Crippen LogP contribution in [0, 0.1) is 0 Å². The zero-order chi connectivity index (χ0) is 19.4. The van der Waals surface area contributed by atoms with E-state index in [9.17, 15) is 4.79 Å². The molecule has 2 aromatic carbocycles. The molecular weight excluding hydrogens is 382 g/mol. The maximum absolute atomic E-state index is 12.8. The molecule has 3 rings (SSSR count). The molecule has 0 saturated carbocycles. The van der Waals surface area contributed by atoms with Gasteiger partial charge in [-0.2, -0.15) is 0 Å². The van der Waals surface area contributed by atoms with Gasteiger partial charge in [-0.15, -0.1) is 0 Å². The first-order chi connectivity index (χ1) is 13.0. The molecule has 0 N–H and O–H groups in total. The lowest BCUT2D eigenvalue weighted by Crippen LogP contribution is -2.27. The van der Waals surface area contributed by atoms with Crippen molar-refractivity contribution in [2.24, 2.45) is 0 Å². The van der Waals surface area contributed by atoms with Crippen molar-refractivity contribution >= 4 is 40.3 Å². The lowest BCUT2D eigenvalue weighted by molar-refractivity contribution is -0.122. The van der Waals surface area contributed by atoms with E-state index in [1.807, 2.05) is 48.5 Å². The molecule has 5 nitrogen and oxygen atoms in total. The first-order valence-electron chi connectivity index (χ1n) is 8.16. The van der Waals surface area contributed by atoms with E-state index in [-0.39, 0.29) is 5.91 Å². The highest BCUT2D eigenvalue weighted by Crippen LogP contribution is 2.35. The topological polar surface area (TPSA) is 48.0 Å². The van der Waals surface area contributed by atoms with Crippen LogP contribution in [-0.2, 0) is 11.3 Å². The molecule has 27 heavy (non-hydrogen) atoms. The Kier molecular flexibility index (Phi) is 6.03. The summed E-state index contributed by atoms with van der Waals surface area (Å²) >= 11 is 6.70. The first kappa shape index (κ1) is 19.3. The number of hydrogen-bond donors (Lipinski definition) is 0. The fourth-order valence-electron chi connectivity index (χ4n) is 2.64. The molecular formula is C20H19NO4S2. The van der Waals surface area contributed by atoms with Gasteiger partial charge in [0.1, 0.15) is 10.1 Å². The van der Waals surface area contributed by atoms with Gasteiger partial charge in [-0.05, 0) is 41.5 Å². The third-order valence-corrected chi connectivity index (χ3v) is 5.46. The van der Waals surface area contributed by atoms with Gasteiger partial charge in [0, 0.05) is 0 Å². The quantitative estimate of drug-likeness (QED) is 0.536. The van der Waals surface area contributed by atoms with Crippen LogP contribution in [0.1, 0.15) is 11.1 Å². The summed E-state index contributed by atoms with van der Waals surface area (Å²) in [6.07, 6.45) is 1.81. The van der Waals surface area contributed by atoms with Crippen molar-refractivity contribution < 1.29 is 19.0 Å². The van der Waals surface area contributed by atoms with E-state index in [0.29, 0.717) is 27.3 Å². The van der Waals surface area contributed by atoms with Crippen LogP contribution in [-0.4, -0.2) is 36.5 Å². The van der Waals surface area contributed by atoms with E-state index in [0.717, 1.165) is 16.9 Å². The van der Waals surface area contributed by atoms with Gasteiger partial charge in [0.15, 0.2) is 11.5 Å². The van der Waals surface area contributed by atoms with Gasteiger partial charge in [0.25, 0.3) is 5.91 Å². The Labute approximate surface area is 167 Å². The van der Waals surface area contributed by atoms with Crippen molar-refractivity contribution in [1.82, 2.24) is 4.90 Å². The summed E-state index contributed by atoms with van der Waals surface area (Å²) in [7, 11) is 4.79. The number of ether oxygens (including phenoxy) is 3. The first-order valence-corrected chi connectivity index (χ1v) is 9.38. The van der Waals surface area contributed by atoms with Gasteiger partial charge < -0.3 is 14.2 Å². The number of amides is 1. The molecule has 0 aromatic heterocycles. The number of benzene rings is 2. The highest BCUT2D eigenvalue weighted by molar-refractivity contribution is 8.26. The molecule has 140 valence electrons. The van der Waals surface area contributed by atoms with Crippen molar-refractivity contribution in [1.29, 1.82) is 0 Å². The number of rotatable bonds is 6. The van der Waals surface area contributed by atoms with Crippen LogP contribution in [0.5, 0.6) is 17.2 Å². The Bertz CT molecular complexity index is 893. The van der Waals surface area contributed by atoms with Crippen LogP contribution in [0.2, 0.25) is 0 Å². The van der Waals surface area contributed by atoms with Gasteiger partial charge in [0.05, 0.1) is 32.8 Å². The lowest BCUT2D eigenvalue weighted by atomic mass is 10.1. The van der Waals surface area contributed by atoms with E-state index in [2.05, 4.69) is 0 Å². The fraction of sp³-hybridized carbons (Fsp3) is 0.200. The molecule has 0 atom stereocenters. The maximum atomic E-state index is 12.8. The summed E-state index contributed by atoms with van der Waals surface area (Å²) in [5.74, 6) is 1.93. The van der Waals surface area contributed by atoms with Crippen LogP contribution < -0.4 is 14.2 Å². The van der Waals surface area contributed by atoms with E-state index in [1.54, 1.807) is 26.2 Å². The van der Waals surface area contributed by atoms with Crippen molar-refractivity contribution in [2.75, 3.05) is 21.3 Å².